The lowest BCUT2D eigenvalue weighted by Gasteiger charge is -2.29. The molecule has 2 N–H and O–H groups in total. The van der Waals surface area contributed by atoms with Crippen LogP contribution in [0.2, 0.25) is 0 Å². The van der Waals surface area contributed by atoms with Crippen LogP contribution in [0.25, 0.3) is 0 Å². The summed E-state index contributed by atoms with van der Waals surface area (Å²) in [7, 11) is 0. The molecule has 150 valence electrons. The van der Waals surface area contributed by atoms with Crippen molar-refractivity contribution in [2.24, 2.45) is 0 Å². The molecule has 0 unspecified atom stereocenters. The number of hydrogen-bond acceptors (Lipinski definition) is 5. The van der Waals surface area contributed by atoms with Crippen LogP contribution in [0.15, 0.2) is 42.6 Å². The second kappa shape index (κ2) is 8.30. The number of carbonyl (C=O) groups is 3. The summed E-state index contributed by atoms with van der Waals surface area (Å²) in [6, 6.07) is 11.4. The Labute approximate surface area is 168 Å². The number of amides is 3. The van der Waals surface area contributed by atoms with Crippen LogP contribution in [0.4, 0.5) is 11.5 Å². The molecular weight excluding hydrogens is 370 g/mol. The minimum absolute atomic E-state index is 0.0757. The van der Waals surface area contributed by atoms with Crippen molar-refractivity contribution in [3.8, 4) is 0 Å². The monoisotopic (exact) mass is 393 g/mol. The number of anilines is 2. The third kappa shape index (κ3) is 4.21. The summed E-state index contributed by atoms with van der Waals surface area (Å²) in [5.74, 6) is 0.369. The minimum atomic E-state index is -0.273. The highest BCUT2D eigenvalue weighted by molar-refractivity contribution is 6.04. The molecule has 1 aromatic heterocycles. The summed E-state index contributed by atoms with van der Waals surface area (Å²) in [4.78, 5) is 44.4. The van der Waals surface area contributed by atoms with E-state index in [1.807, 2.05) is 30.3 Å². The summed E-state index contributed by atoms with van der Waals surface area (Å²) < 4.78 is 0. The predicted octanol–water partition coefficient (Wildman–Crippen LogP) is 1.39. The highest BCUT2D eigenvalue weighted by Gasteiger charge is 2.26. The normalized spacial score (nSPS) is 15.9. The average molecular weight is 393 g/mol. The zero-order valence-electron chi connectivity index (χ0n) is 16.1. The summed E-state index contributed by atoms with van der Waals surface area (Å²) in [6.45, 7) is 2.22. The van der Waals surface area contributed by atoms with Crippen molar-refractivity contribution in [3.05, 3.63) is 53.7 Å². The van der Waals surface area contributed by atoms with Crippen LogP contribution < -0.4 is 15.5 Å². The van der Waals surface area contributed by atoms with Crippen molar-refractivity contribution in [1.29, 1.82) is 0 Å². The number of benzene rings is 1. The van der Waals surface area contributed by atoms with Gasteiger partial charge in [0.05, 0.1) is 24.3 Å². The molecule has 1 aromatic carbocycles. The molecule has 8 heteroatoms. The lowest BCUT2D eigenvalue weighted by molar-refractivity contribution is -0.127. The maximum absolute atomic E-state index is 12.6. The van der Waals surface area contributed by atoms with Crippen LogP contribution in [-0.4, -0.2) is 53.8 Å². The van der Waals surface area contributed by atoms with Gasteiger partial charge < -0.3 is 20.4 Å². The molecule has 0 saturated carbocycles. The van der Waals surface area contributed by atoms with E-state index in [1.54, 1.807) is 15.9 Å². The fourth-order valence-corrected chi connectivity index (χ4v) is 3.59. The fraction of sp³-hybridized carbons (Fsp3) is 0.333. The highest BCUT2D eigenvalue weighted by atomic mass is 16.2. The van der Waals surface area contributed by atoms with Crippen molar-refractivity contribution in [2.45, 2.75) is 19.4 Å². The first-order valence-electron chi connectivity index (χ1n) is 9.76. The summed E-state index contributed by atoms with van der Waals surface area (Å²) in [6.07, 6.45) is 2.96. The first-order valence-corrected chi connectivity index (χ1v) is 9.76. The number of likely N-dealkylation sites (tertiary alicyclic amines) is 1. The number of rotatable bonds is 6. The van der Waals surface area contributed by atoms with Crippen LogP contribution in [0.3, 0.4) is 0 Å². The molecule has 0 atom stereocenters. The van der Waals surface area contributed by atoms with Crippen molar-refractivity contribution in [2.75, 3.05) is 36.4 Å². The van der Waals surface area contributed by atoms with E-state index < -0.39 is 0 Å². The van der Waals surface area contributed by atoms with Crippen LogP contribution in [-0.2, 0) is 16.1 Å². The van der Waals surface area contributed by atoms with Gasteiger partial charge >= 0.3 is 0 Å². The van der Waals surface area contributed by atoms with Crippen molar-refractivity contribution >= 4 is 29.2 Å². The van der Waals surface area contributed by atoms with E-state index in [1.165, 1.54) is 6.20 Å². The first kappa shape index (κ1) is 18.9. The van der Waals surface area contributed by atoms with Crippen molar-refractivity contribution < 1.29 is 14.4 Å². The minimum Gasteiger partial charge on any atom is -0.359 e. The number of aromatic nitrogens is 1. The first-order chi connectivity index (χ1) is 14.1. The number of nitrogens with one attached hydrogen (secondary N) is 2. The van der Waals surface area contributed by atoms with E-state index in [4.69, 9.17) is 0 Å². The Hall–Kier alpha value is -3.42. The second-order valence-corrected chi connectivity index (χ2v) is 7.15. The van der Waals surface area contributed by atoms with Crippen molar-refractivity contribution in [3.63, 3.8) is 0 Å². The van der Waals surface area contributed by atoms with Crippen LogP contribution in [0.5, 0.6) is 0 Å². The second-order valence-electron chi connectivity index (χ2n) is 7.15. The molecule has 2 aromatic rings. The van der Waals surface area contributed by atoms with Crippen molar-refractivity contribution in [1.82, 2.24) is 15.2 Å². The number of nitrogens with zero attached hydrogens (tertiary/aromatic N) is 3. The third-order valence-electron chi connectivity index (χ3n) is 5.15. The maximum Gasteiger partial charge on any atom is 0.252 e. The Bertz CT molecular complexity index is 931. The molecule has 2 aliphatic heterocycles. The Morgan fingerprint density at radius 1 is 1.17 bits per heavy atom. The number of carbonyl (C=O) groups excluding carboxylic acids is 3. The summed E-state index contributed by atoms with van der Waals surface area (Å²) >= 11 is 0. The van der Waals surface area contributed by atoms with Gasteiger partial charge in [-0.15, -0.1) is 0 Å². The lowest BCUT2D eigenvalue weighted by Crippen LogP contribution is -2.40. The van der Waals surface area contributed by atoms with Gasteiger partial charge in [0.25, 0.3) is 5.91 Å². The zero-order chi connectivity index (χ0) is 20.2. The van der Waals surface area contributed by atoms with E-state index in [0.717, 1.165) is 18.5 Å². The molecule has 29 heavy (non-hydrogen) atoms. The summed E-state index contributed by atoms with van der Waals surface area (Å²) in [5, 5.41) is 5.83. The molecule has 2 aliphatic rings. The molecule has 1 saturated heterocycles. The van der Waals surface area contributed by atoms with Gasteiger partial charge in [-0.25, -0.2) is 4.98 Å². The number of fused-ring (bicyclic) bond motifs is 1. The predicted molar refractivity (Wildman–Crippen MR) is 109 cm³/mol. The molecule has 0 aliphatic carbocycles. The summed E-state index contributed by atoms with van der Waals surface area (Å²) in [5.41, 5.74) is 1.97. The SMILES string of the molecule is O=C(NCCN1CCCC1=O)c1cnc2c(c1)N(Cc1ccccc1)C(=O)CN2. The van der Waals surface area contributed by atoms with Gasteiger partial charge in [-0.2, -0.15) is 0 Å². The molecule has 3 heterocycles. The van der Waals surface area contributed by atoms with Gasteiger partial charge in [0.1, 0.15) is 0 Å². The van der Waals surface area contributed by atoms with Crippen LogP contribution >= 0.6 is 0 Å². The Balaban J connectivity index is 1.46. The van der Waals surface area contributed by atoms with E-state index in [2.05, 4.69) is 15.6 Å². The smallest absolute Gasteiger partial charge is 0.252 e. The van der Waals surface area contributed by atoms with Crippen LogP contribution in [0, 0.1) is 0 Å². The molecule has 0 bridgehead atoms. The Kier molecular flexibility index (Phi) is 5.41. The van der Waals surface area contributed by atoms with Gasteiger partial charge in [-0.1, -0.05) is 30.3 Å². The average Bonchev–Trinajstić information content (AvgIpc) is 3.15. The van der Waals surface area contributed by atoms with E-state index in [9.17, 15) is 14.4 Å². The molecule has 8 nitrogen and oxygen atoms in total. The molecule has 0 radical (unpaired) electrons. The van der Waals surface area contributed by atoms with Gasteiger partial charge in [0, 0.05) is 32.3 Å². The zero-order valence-corrected chi connectivity index (χ0v) is 16.1. The Morgan fingerprint density at radius 3 is 2.76 bits per heavy atom. The van der Waals surface area contributed by atoms with Crippen LogP contribution in [0.1, 0.15) is 28.8 Å². The quantitative estimate of drug-likeness (QED) is 0.774. The topological polar surface area (TPSA) is 94.6 Å². The Morgan fingerprint density at radius 2 is 2.00 bits per heavy atom. The largest absolute Gasteiger partial charge is 0.359 e. The molecular formula is C21H23N5O3. The molecule has 1 fully saturated rings. The van der Waals surface area contributed by atoms with Gasteiger partial charge in [-0.3, -0.25) is 14.4 Å². The molecule has 3 amide bonds. The van der Waals surface area contributed by atoms with E-state index >= 15 is 0 Å². The number of hydrogen-bond donors (Lipinski definition) is 2. The van der Waals surface area contributed by atoms with Gasteiger partial charge in [0.15, 0.2) is 5.82 Å². The van der Waals surface area contributed by atoms with E-state index in [0.29, 0.717) is 43.1 Å². The standard InChI is InChI=1S/C21H23N5O3/c27-18-7-4-9-25(18)10-8-22-21(29)16-11-17-20(23-12-16)24-13-19(28)26(17)14-15-5-2-1-3-6-15/h1-3,5-6,11-12H,4,7-10,13-14H2,(H,22,29)(H,23,24). The number of pyridine rings is 1. The maximum atomic E-state index is 12.6. The molecule has 4 rings (SSSR count). The van der Waals surface area contributed by atoms with Gasteiger partial charge in [0.2, 0.25) is 11.8 Å². The third-order valence-corrected chi connectivity index (χ3v) is 5.15. The highest BCUT2D eigenvalue weighted by Crippen LogP contribution is 2.29. The fourth-order valence-electron chi connectivity index (χ4n) is 3.59. The lowest BCUT2D eigenvalue weighted by atomic mass is 10.1. The van der Waals surface area contributed by atoms with E-state index in [-0.39, 0.29) is 24.3 Å². The van der Waals surface area contributed by atoms with Gasteiger partial charge in [-0.05, 0) is 18.1 Å². The molecule has 0 spiro atoms.